The van der Waals surface area contributed by atoms with Crippen molar-refractivity contribution < 1.29 is 4.79 Å². The Morgan fingerprint density at radius 2 is 1.76 bits per heavy atom. The summed E-state index contributed by atoms with van der Waals surface area (Å²) in [5.74, 6) is -0.182. The Hall–Kier alpha value is -2.48. The van der Waals surface area contributed by atoms with Crippen molar-refractivity contribution in [3.8, 4) is 0 Å². The number of fused-ring (bicyclic) bond motifs is 1. The van der Waals surface area contributed by atoms with E-state index in [-0.39, 0.29) is 29.3 Å². The van der Waals surface area contributed by atoms with Gasteiger partial charge in [-0.25, -0.2) is 9.78 Å². The number of piperazine rings is 1. The van der Waals surface area contributed by atoms with Gasteiger partial charge in [0.05, 0.1) is 5.39 Å². The van der Waals surface area contributed by atoms with Crippen LogP contribution in [0.1, 0.15) is 29.9 Å². The monoisotopic (exact) mass is 345 g/mol. The highest BCUT2D eigenvalue weighted by Gasteiger charge is 2.27. The summed E-state index contributed by atoms with van der Waals surface area (Å²) in [6, 6.07) is 2.03. The number of carbonyl (C=O) groups excluding carboxylic acids is 1. The van der Waals surface area contributed by atoms with Gasteiger partial charge < -0.3 is 10.2 Å². The summed E-state index contributed by atoms with van der Waals surface area (Å²) in [7, 11) is 2.99. The second-order valence-electron chi connectivity index (χ2n) is 6.91. The first-order valence-electron chi connectivity index (χ1n) is 8.33. The number of carbonyl (C=O) groups is 1. The maximum absolute atomic E-state index is 12.9. The third-order valence-electron chi connectivity index (χ3n) is 4.67. The second kappa shape index (κ2) is 6.11. The molecule has 1 aliphatic rings. The van der Waals surface area contributed by atoms with Crippen LogP contribution in [-0.2, 0) is 14.1 Å². The third kappa shape index (κ3) is 2.86. The molecule has 1 amide bonds. The molecule has 0 aliphatic carbocycles. The highest BCUT2D eigenvalue weighted by molar-refractivity contribution is 5.95. The van der Waals surface area contributed by atoms with Gasteiger partial charge in [-0.1, -0.05) is 0 Å². The van der Waals surface area contributed by atoms with Crippen molar-refractivity contribution in [3.63, 3.8) is 0 Å². The lowest BCUT2D eigenvalue weighted by molar-refractivity contribution is 0.0668. The van der Waals surface area contributed by atoms with Crippen LogP contribution in [-0.4, -0.2) is 50.1 Å². The molecule has 134 valence electrons. The van der Waals surface area contributed by atoms with Gasteiger partial charge in [0.25, 0.3) is 11.5 Å². The molecule has 0 saturated carbocycles. The van der Waals surface area contributed by atoms with E-state index in [0.717, 1.165) is 4.57 Å². The van der Waals surface area contributed by atoms with E-state index in [1.54, 1.807) is 24.9 Å². The minimum absolute atomic E-state index is 0.182. The van der Waals surface area contributed by atoms with Crippen molar-refractivity contribution >= 4 is 16.9 Å². The molecule has 0 radical (unpaired) electrons. The first-order chi connectivity index (χ1) is 11.7. The Kier molecular flexibility index (Phi) is 4.24. The molecule has 1 aliphatic heterocycles. The molecule has 0 bridgehead atoms. The van der Waals surface area contributed by atoms with Crippen LogP contribution in [0.4, 0.5) is 0 Å². The Morgan fingerprint density at radius 1 is 1.16 bits per heavy atom. The largest absolute Gasteiger partial charge is 0.334 e. The average Bonchev–Trinajstić information content (AvgIpc) is 2.55. The van der Waals surface area contributed by atoms with Gasteiger partial charge in [-0.15, -0.1) is 0 Å². The van der Waals surface area contributed by atoms with Crippen LogP contribution in [0, 0.1) is 6.92 Å². The number of amides is 1. The van der Waals surface area contributed by atoms with E-state index in [1.165, 1.54) is 11.6 Å². The third-order valence-corrected chi connectivity index (χ3v) is 4.67. The first kappa shape index (κ1) is 17.3. The topological polar surface area (TPSA) is 89.2 Å². The first-order valence-corrected chi connectivity index (χ1v) is 8.33. The molecule has 3 rings (SSSR count). The molecule has 8 heteroatoms. The maximum atomic E-state index is 12.9. The fraction of sp³-hybridized carbons (Fsp3) is 0.529. The lowest BCUT2D eigenvalue weighted by atomic mass is 10.1. The smallest absolute Gasteiger partial charge is 0.332 e. The second-order valence-corrected chi connectivity index (χ2v) is 6.91. The Bertz CT molecular complexity index is 965. The normalized spacial score (nSPS) is 20.9. The molecule has 2 atom stereocenters. The Balaban J connectivity index is 2.14. The number of aryl methyl sites for hydroxylation is 2. The maximum Gasteiger partial charge on any atom is 0.332 e. The van der Waals surface area contributed by atoms with Gasteiger partial charge in [-0.3, -0.25) is 18.7 Å². The van der Waals surface area contributed by atoms with E-state index >= 15 is 0 Å². The molecule has 2 aromatic heterocycles. The van der Waals surface area contributed by atoms with Gasteiger partial charge >= 0.3 is 5.69 Å². The molecule has 0 unspecified atom stereocenters. The van der Waals surface area contributed by atoms with Gasteiger partial charge in [0.15, 0.2) is 0 Å². The fourth-order valence-electron chi connectivity index (χ4n) is 3.50. The predicted molar refractivity (Wildman–Crippen MR) is 94.9 cm³/mol. The summed E-state index contributed by atoms with van der Waals surface area (Å²) in [6.45, 7) is 7.01. The zero-order chi connectivity index (χ0) is 18.5. The van der Waals surface area contributed by atoms with Crippen LogP contribution in [0.5, 0.6) is 0 Å². The zero-order valence-electron chi connectivity index (χ0n) is 15.2. The van der Waals surface area contributed by atoms with Gasteiger partial charge in [0.1, 0.15) is 11.3 Å². The molecule has 1 N–H and O–H groups in total. The van der Waals surface area contributed by atoms with Gasteiger partial charge in [-0.05, 0) is 32.4 Å². The van der Waals surface area contributed by atoms with Crippen LogP contribution in [0.3, 0.4) is 0 Å². The lowest BCUT2D eigenvalue weighted by Crippen LogP contribution is -2.56. The number of hydrogen-bond donors (Lipinski definition) is 1. The number of hydrogen-bond acceptors (Lipinski definition) is 5. The molecule has 2 aromatic rings. The summed E-state index contributed by atoms with van der Waals surface area (Å²) in [5.41, 5.74) is 0.285. The molecule has 8 nitrogen and oxygen atoms in total. The van der Waals surface area contributed by atoms with Crippen molar-refractivity contribution in [3.05, 3.63) is 38.2 Å². The molecule has 25 heavy (non-hydrogen) atoms. The molecule has 1 fully saturated rings. The number of nitrogens with zero attached hydrogens (tertiary/aromatic N) is 4. The minimum Gasteiger partial charge on any atom is -0.334 e. The van der Waals surface area contributed by atoms with Crippen LogP contribution in [0.15, 0.2) is 15.7 Å². The number of rotatable bonds is 1. The van der Waals surface area contributed by atoms with E-state index in [2.05, 4.69) is 10.3 Å². The molecular weight excluding hydrogens is 322 g/mol. The van der Waals surface area contributed by atoms with Crippen molar-refractivity contribution in [1.82, 2.24) is 24.3 Å². The number of aromatic nitrogens is 3. The molecule has 0 aromatic carbocycles. The van der Waals surface area contributed by atoms with Crippen LogP contribution in [0.2, 0.25) is 0 Å². The van der Waals surface area contributed by atoms with Crippen LogP contribution >= 0.6 is 0 Å². The highest BCUT2D eigenvalue weighted by Crippen LogP contribution is 2.15. The standard InChI is InChI=1S/C17H23N5O3/c1-9-6-12(15(23)22-7-10(2)18-11(3)8-22)19-14-13(9)16(24)21(5)17(25)20(14)4/h6,10-11,18H,7-8H2,1-5H3/t10-,11-/m0/s1. The van der Waals surface area contributed by atoms with Gasteiger partial charge in [0.2, 0.25) is 0 Å². The van der Waals surface area contributed by atoms with E-state index in [1.807, 2.05) is 13.8 Å². The number of nitrogens with one attached hydrogen (secondary N) is 1. The highest BCUT2D eigenvalue weighted by atomic mass is 16.2. The van der Waals surface area contributed by atoms with Gasteiger partial charge in [0, 0.05) is 39.3 Å². The lowest BCUT2D eigenvalue weighted by Gasteiger charge is -2.36. The Labute approximate surface area is 145 Å². The van der Waals surface area contributed by atoms with E-state index in [0.29, 0.717) is 24.0 Å². The summed E-state index contributed by atoms with van der Waals surface area (Å²) in [5, 5.41) is 3.75. The molecule has 1 saturated heterocycles. The summed E-state index contributed by atoms with van der Waals surface area (Å²) in [6.07, 6.45) is 0. The van der Waals surface area contributed by atoms with Crippen molar-refractivity contribution in [2.24, 2.45) is 14.1 Å². The summed E-state index contributed by atoms with van der Waals surface area (Å²) >= 11 is 0. The molecule has 3 heterocycles. The van der Waals surface area contributed by atoms with Crippen molar-refractivity contribution in [1.29, 1.82) is 0 Å². The average molecular weight is 345 g/mol. The van der Waals surface area contributed by atoms with E-state index in [9.17, 15) is 14.4 Å². The predicted octanol–water partition coefficient (Wildman–Crippen LogP) is -0.237. The number of pyridine rings is 1. The quantitative estimate of drug-likeness (QED) is 0.771. The zero-order valence-corrected chi connectivity index (χ0v) is 15.2. The molecular formula is C17H23N5O3. The SMILES string of the molecule is Cc1cc(C(=O)N2C[C@H](C)N[C@@H](C)C2)nc2c1c(=O)n(C)c(=O)n2C. The van der Waals surface area contributed by atoms with E-state index < -0.39 is 11.2 Å². The van der Waals surface area contributed by atoms with Crippen molar-refractivity contribution in [2.45, 2.75) is 32.9 Å². The van der Waals surface area contributed by atoms with E-state index in [4.69, 9.17) is 0 Å². The minimum atomic E-state index is -0.460. The van der Waals surface area contributed by atoms with Crippen molar-refractivity contribution in [2.75, 3.05) is 13.1 Å². The molecule has 0 spiro atoms. The fourth-order valence-corrected chi connectivity index (χ4v) is 3.50. The Morgan fingerprint density at radius 3 is 2.36 bits per heavy atom. The van der Waals surface area contributed by atoms with Gasteiger partial charge in [-0.2, -0.15) is 0 Å². The van der Waals surface area contributed by atoms with Crippen LogP contribution < -0.4 is 16.6 Å². The van der Waals surface area contributed by atoms with Crippen LogP contribution in [0.25, 0.3) is 11.0 Å². The summed E-state index contributed by atoms with van der Waals surface area (Å²) in [4.78, 5) is 43.6. The summed E-state index contributed by atoms with van der Waals surface area (Å²) < 4.78 is 2.36.